The van der Waals surface area contributed by atoms with Gasteiger partial charge in [0.15, 0.2) is 0 Å². The van der Waals surface area contributed by atoms with Crippen LogP contribution in [0.2, 0.25) is 0 Å². The molecule has 0 aliphatic carbocycles. The van der Waals surface area contributed by atoms with Gasteiger partial charge in [-0.15, -0.1) is 0 Å². The Hall–Kier alpha value is -4.28. The number of aryl methyl sites for hydroxylation is 2. The molecule has 8 nitrogen and oxygen atoms in total. The molecule has 0 radical (unpaired) electrons. The van der Waals surface area contributed by atoms with E-state index in [0.29, 0.717) is 16.8 Å². The normalized spacial score (nSPS) is 11.1. The van der Waals surface area contributed by atoms with E-state index in [0.717, 1.165) is 0 Å². The van der Waals surface area contributed by atoms with Crippen molar-refractivity contribution in [1.82, 2.24) is 24.7 Å². The fourth-order valence-corrected chi connectivity index (χ4v) is 3.37. The number of nitrogens with zero attached hydrogens (tertiary/aromatic N) is 5. The standard InChI is InChI=1S/C23H19F3N6O2/c1-12-9-14(10-16(28-12)21(25)26)19-20(13-3-5-15(24)6-4-13)29-23(27)30-22(19)34-11-17-18(33)7-8-32(2)31-17/h3-10,21H,11H2,1-2H3,(H2,27,29,30). The molecule has 0 fully saturated rings. The van der Waals surface area contributed by atoms with Crippen LogP contribution < -0.4 is 15.9 Å². The first-order chi connectivity index (χ1) is 16.2. The van der Waals surface area contributed by atoms with Crippen molar-refractivity contribution in [3.63, 3.8) is 0 Å². The van der Waals surface area contributed by atoms with Crippen LogP contribution in [0.3, 0.4) is 0 Å². The van der Waals surface area contributed by atoms with Crippen LogP contribution in [0, 0.1) is 12.7 Å². The molecule has 3 heterocycles. The van der Waals surface area contributed by atoms with Crippen molar-refractivity contribution in [2.45, 2.75) is 20.0 Å². The Bertz CT molecular complexity index is 1410. The molecule has 0 saturated heterocycles. The molecule has 0 amide bonds. The average Bonchev–Trinajstić information content (AvgIpc) is 2.79. The number of rotatable bonds is 6. The smallest absolute Gasteiger partial charge is 0.280 e. The Morgan fingerprint density at radius 2 is 1.79 bits per heavy atom. The van der Waals surface area contributed by atoms with Crippen LogP contribution in [0.4, 0.5) is 19.1 Å². The van der Waals surface area contributed by atoms with Gasteiger partial charge in [0.25, 0.3) is 6.43 Å². The second-order valence-electron chi connectivity index (χ2n) is 7.43. The number of ether oxygens (including phenoxy) is 1. The lowest BCUT2D eigenvalue weighted by Gasteiger charge is -2.16. The molecular weight excluding hydrogens is 449 g/mol. The van der Waals surface area contributed by atoms with E-state index in [4.69, 9.17) is 10.5 Å². The molecule has 4 aromatic rings. The molecule has 34 heavy (non-hydrogen) atoms. The molecule has 0 aliphatic rings. The molecule has 174 valence electrons. The first kappa shape index (κ1) is 22.9. The highest BCUT2D eigenvalue weighted by molar-refractivity contribution is 5.85. The van der Waals surface area contributed by atoms with Crippen LogP contribution in [0.25, 0.3) is 22.4 Å². The minimum atomic E-state index is -2.82. The van der Waals surface area contributed by atoms with Gasteiger partial charge in [-0.2, -0.15) is 10.1 Å². The first-order valence-electron chi connectivity index (χ1n) is 10.1. The van der Waals surface area contributed by atoms with E-state index in [-0.39, 0.29) is 40.8 Å². The number of pyridine rings is 1. The summed E-state index contributed by atoms with van der Waals surface area (Å²) in [4.78, 5) is 24.5. The third-order valence-electron chi connectivity index (χ3n) is 4.85. The van der Waals surface area contributed by atoms with Crippen LogP contribution in [0.5, 0.6) is 5.88 Å². The topological polar surface area (TPSA) is 109 Å². The monoisotopic (exact) mass is 468 g/mol. The van der Waals surface area contributed by atoms with E-state index in [1.54, 1.807) is 20.0 Å². The van der Waals surface area contributed by atoms with E-state index in [9.17, 15) is 18.0 Å². The lowest BCUT2D eigenvalue weighted by molar-refractivity contribution is 0.146. The maximum Gasteiger partial charge on any atom is 0.280 e. The summed E-state index contributed by atoms with van der Waals surface area (Å²) in [6.45, 7) is 1.31. The summed E-state index contributed by atoms with van der Waals surface area (Å²) in [6.07, 6.45) is -1.32. The van der Waals surface area contributed by atoms with Gasteiger partial charge in [0.2, 0.25) is 17.3 Å². The predicted molar refractivity (Wildman–Crippen MR) is 119 cm³/mol. The molecular formula is C23H19F3N6O2. The number of benzene rings is 1. The Morgan fingerprint density at radius 1 is 1.06 bits per heavy atom. The number of nitrogen functional groups attached to an aromatic ring is 1. The van der Waals surface area contributed by atoms with E-state index in [1.807, 2.05) is 0 Å². The molecule has 0 atom stereocenters. The van der Waals surface area contributed by atoms with Crippen molar-refractivity contribution in [2.24, 2.45) is 7.05 Å². The molecule has 2 N–H and O–H groups in total. The summed E-state index contributed by atoms with van der Waals surface area (Å²) in [5, 5.41) is 4.11. The van der Waals surface area contributed by atoms with Crippen molar-refractivity contribution in [1.29, 1.82) is 0 Å². The average molecular weight is 468 g/mol. The molecule has 0 aliphatic heterocycles. The third kappa shape index (κ3) is 4.87. The van der Waals surface area contributed by atoms with Gasteiger partial charge in [-0.05, 0) is 48.9 Å². The largest absolute Gasteiger partial charge is 0.470 e. The Morgan fingerprint density at radius 3 is 2.50 bits per heavy atom. The lowest BCUT2D eigenvalue weighted by atomic mass is 9.99. The maximum absolute atomic E-state index is 13.5. The van der Waals surface area contributed by atoms with Crippen molar-refractivity contribution in [3.05, 3.63) is 81.8 Å². The van der Waals surface area contributed by atoms with E-state index in [2.05, 4.69) is 20.1 Å². The van der Waals surface area contributed by atoms with Gasteiger partial charge in [-0.1, -0.05) is 0 Å². The quantitative estimate of drug-likeness (QED) is 0.458. The van der Waals surface area contributed by atoms with Crippen molar-refractivity contribution in [3.8, 4) is 28.3 Å². The minimum Gasteiger partial charge on any atom is -0.470 e. The molecule has 0 bridgehead atoms. The molecule has 3 aromatic heterocycles. The van der Waals surface area contributed by atoms with Crippen LogP contribution in [-0.4, -0.2) is 24.7 Å². The molecule has 0 saturated carbocycles. The van der Waals surface area contributed by atoms with E-state index < -0.39 is 17.9 Å². The highest BCUT2D eigenvalue weighted by atomic mass is 19.3. The second kappa shape index (κ2) is 9.30. The van der Waals surface area contributed by atoms with Crippen molar-refractivity contribution < 1.29 is 17.9 Å². The first-order valence-corrected chi connectivity index (χ1v) is 10.1. The predicted octanol–water partition coefficient (Wildman–Crippen LogP) is 3.85. The Kier molecular flexibility index (Phi) is 6.26. The van der Waals surface area contributed by atoms with Crippen molar-refractivity contribution >= 4 is 5.95 Å². The Labute approximate surface area is 191 Å². The lowest BCUT2D eigenvalue weighted by Crippen LogP contribution is -2.17. The number of aromatic nitrogens is 5. The summed E-state index contributed by atoms with van der Waals surface area (Å²) in [6, 6.07) is 9.52. The van der Waals surface area contributed by atoms with Crippen molar-refractivity contribution in [2.75, 3.05) is 5.73 Å². The number of hydrogen-bond acceptors (Lipinski definition) is 7. The number of nitrogens with two attached hydrogens (primary N) is 1. The van der Waals surface area contributed by atoms with Gasteiger partial charge in [0.05, 0.1) is 11.3 Å². The van der Waals surface area contributed by atoms with Crippen LogP contribution in [0.15, 0.2) is 53.5 Å². The molecule has 4 rings (SSSR count). The summed E-state index contributed by atoms with van der Waals surface area (Å²) >= 11 is 0. The summed E-state index contributed by atoms with van der Waals surface area (Å²) in [5.74, 6) is -0.674. The molecule has 0 unspecified atom stereocenters. The highest BCUT2D eigenvalue weighted by Gasteiger charge is 2.22. The zero-order valence-electron chi connectivity index (χ0n) is 18.2. The van der Waals surface area contributed by atoms with Gasteiger partial charge in [0, 0.05) is 30.6 Å². The zero-order valence-corrected chi connectivity index (χ0v) is 18.2. The SMILES string of the molecule is Cc1cc(-c2c(OCc3nn(C)ccc3=O)nc(N)nc2-c2ccc(F)cc2)cc(C(F)F)n1. The second-order valence-corrected chi connectivity index (χ2v) is 7.43. The minimum absolute atomic E-state index is 0.0506. The van der Waals surface area contributed by atoms with Gasteiger partial charge in [-0.3, -0.25) is 14.5 Å². The number of anilines is 1. The fourth-order valence-electron chi connectivity index (χ4n) is 3.37. The summed E-state index contributed by atoms with van der Waals surface area (Å²) in [5.41, 5.74) is 6.79. The van der Waals surface area contributed by atoms with E-state index in [1.165, 1.54) is 47.3 Å². The van der Waals surface area contributed by atoms with E-state index >= 15 is 0 Å². The van der Waals surface area contributed by atoms with Gasteiger partial charge >= 0.3 is 0 Å². The van der Waals surface area contributed by atoms with Crippen LogP contribution in [-0.2, 0) is 13.7 Å². The highest BCUT2D eigenvalue weighted by Crippen LogP contribution is 2.39. The molecule has 1 aromatic carbocycles. The fraction of sp³-hybridized carbons (Fsp3) is 0.174. The van der Waals surface area contributed by atoms with Gasteiger partial charge in [-0.25, -0.2) is 18.2 Å². The number of hydrogen-bond donors (Lipinski definition) is 1. The zero-order chi connectivity index (χ0) is 24.4. The van der Waals surface area contributed by atoms with Gasteiger partial charge < -0.3 is 10.5 Å². The number of halogens is 3. The maximum atomic E-state index is 13.5. The summed E-state index contributed by atoms with van der Waals surface area (Å²) in [7, 11) is 1.65. The van der Waals surface area contributed by atoms with Gasteiger partial charge in [0.1, 0.15) is 23.8 Å². The van der Waals surface area contributed by atoms with Crippen LogP contribution >= 0.6 is 0 Å². The molecule has 0 spiro atoms. The molecule has 11 heteroatoms. The third-order valence-corrected chi connectivity index (χ3v) is 4.85. The summed E-state index contributed by atoms with van der Waals surface area (Å²) < 4.78 is 47.8. The number of alkyl halides is 2. The Balaban J connectivity index is 1.91. The van der Waals surface area contributed by atoms with Crippen LogP contribution in [0.1, 0.15) is 23.5 Å².